The largest absolute Gasteiger partial charge is 0.457 e. The Bertz CT molecular complexity index is 1670. The van der Waals surface area contributed by atoms with Gasteiger partial charge in [-0.3, -0.25) is 19.3 Å². The van der Waals surface area contributed by atoms with Gasteiger partial charge >= 0.3 is 12.1 Å². The summed E-state index contributed by atoms with van der Waals surface area (Å²) < 4.78 is 12.7. The summed E-state index contributed by atoms with van der Waals surface area (Å²) >= 11 is 0. The van der Waals surface area contributed by atoms with Gasteiger partial charge < -0.3 is 19.4 Å². The molecule has 0 aliphatic carbocycles. The van der Waals surface area contributed by atoms with E-state index in [4.69, 9.17) is 14.5 Å². The lowest BCUT2D eigenvalue weighted by molar-refractivity contribution is -0.172. The number of nitrogens with zero attached hydrogens (tertiary/aromatic N) is 3. The highest BCUT2D eigenvalue weighted by Gasteiger charge is 2.50. The van der Waals surface area contributed by atoms with Crippen LogP contribution < -0.4 is 10.9 Å². The molecule has 2 aromatic heterocycles. The van der Waals surface area contributed by atoms with E-state index < -0.39 is 17.7 Å². The third-order valence-corrected chi connectivity index (χ3v) is 10.1. The second-order valence-corrected chi connectivity index (χ2v) is 12.9. The maximum absolute atomic E-state index is 13.7. The Kier molecular flexibility index (Phi) is 7.71. The molecule has 1 aromatic carbocycles. The highest BCUT2D eigenvalue weighted by Crippen LogP contribution is 2.41. The van der Waals surface area contributed by atoms with E-state index in [0.717, 1.165) is 21.4 Å². The Hall–Kier alpha value is -3.84. The molecule has 0 spiro atoms. The van der Waals surface area contributed by atoms with Crippen LogP contribution in [0.3, 0.4) is 0 Å². The van der Waals surface area contributed by atoms with Crippen LogP contribution in [0.5, 0.6) is 0 Å². The molecule has 1 N–H and O–H groups in total. The molecule has 1 fully saturated rings. The summed E-state index contributed by atoms with van der Waals surface area (Å²) in [5.74, 6) is -0.166. The lowest BCUT2D eigenvalue weighted by Gasteiger charge is -2.35. The molecule has 1 saturated heterocycles. The van der Waals surface area contributed by atoms with Gasteiger partial charge in [0.05, 0.1) is 29.0 Å². The summed E-state index contributed by atoms with van der Waals surface area (Å²) in [4.78, 5) is 71.0. The Morgan fingerprint density at radius 3 is 2.57 bits per heavy atom. The standard InChI is InChI=1S/C29H28N4O7S2/c1-2-29(40-28(38)30-9-10-32-23(34)7-11-41-42-12-8-24(32)35)20-14-22-25-18(13-17-5-3-4-6-21(17)31-25)15-33(22)26(36)19(20)16-39-27(29)37/h3-6,13-14H,2,7-12,15-16H2,1H3,(H,30,38)/t29-/m0/s1. The van der Waals surface area contributed by atoms with Crippen molar-refractivity contribution in [2.75, 3.05) is 24.6 Å². The molecule has 218 valence electrons. The Labute approximate surface area is 248 Å². The second-order valence-electron chi connectivity index (χ2n) is 10.2. The van der Waals surface area contributed by atoms with Crippen LogP contribution in [0.25, 0.3) is 22.3 Å². The normalized spacial score (nSPS) is 20.1. The molecule has 0 unspecified atom stereocenters. The Morgan fingerprint density at radius 1 is 1.10 bits per heavy atom. The van der Waals surface area contributed by atoms with Gasteiger partial charge in [0.25, 0.3) is 5.56 Å². The van der Waals surface area contributed by atoms with E-state index in [1.54, 1.807) is 39.1 Å². The highest BCUT2D eigenvalue weighted by atomic mass is 33.1. The van der Waals surface area contributed by atoms with Crippen molar-refractivity contribution in [3.63, 3.8) is 0 Å². The number of cyclic esters (lactones) is 1. The number of esters is 1. The molecule has 5 heterocycles. The monoisotopic (exact) mass is 608 g/mol. The van der Waals surface area contributed by atoms with Crippen molar-refractivity contribution in [3.05, 3.63) is 63.4 Å². The van der Waals surface area contributed by atoms with Crippen molar-refractivity contribution in [3.8, 4) is 11.4 Å². The topological polar surface area (TPSA) is 137 Å². The molecular weight excluding hydrogens is 580 g/mol. The lowest BCUT2D eigenvalue weighted by Crippen LogP contribution is -2.49. The number of imide groups is 1. The van der Waals surface area contributed by atoms with Crippen LogP contribution in [0.1, 0.15) is 42.9 Å². The second kappa shape index (κ2) is 11.4. The fourth-order valence-corrected chi connectivity index (χ4v) is 7.54. The van der Waals surface area contributed by atoms with Crippen LogP contribution in [-0.2, 0) is 42.6 Å². The van der Waals surface area contributed by atoms with Crippen molar-refractivity contribution in [2.24, 2.45) is 0 Å². The van der Waals surface area contributed by atoms with Crippen LogP contribution in [-0.4, -0.2) is 62.9 Å². The van der Waals surface area contributed by atoms with E-state index in [1.807, 2.05) is 30.3 Å². The number of benzene rings is 1. The van der Waals surface area contributed by atoms with Gasteiger partial charge in [0.15, 0.2) is 0 Å². The van der Waals surface area contributed by atoms with Crippen molar-refractivity contribution in [1.29, 1.82) is 0 Å². The summed E-state index contributed by atoms with van der Waals surface area (Å²) in [6.07, 6.45) is -0.459. The van der Waals surface area contributed by atoms with E-state index in [0.29, 0.717) is 29.4 Å². The lowest BCUT2D eigenvalue weighted by atomic mass is 9.85. The van der Waals surface area contributed by atoms with Gasteiger partial charge in [-0.05, 0) is 24.6 Å². The smallest absolute Gasteiger partial charge is 0.408 e. The minimum atomic E-state index is -1.86. The number of hydrogen-bond acceptors (Lipinski definition) is 10. The average Bonchev–Trinajstić information content (AvgIpc) is 3.37. The van der Waals surface area contributed by atoms with Gasteiger partial charge in [-0.2, -0.15) is 0 Å². The van der Waals surface area contributed by atoms with Crippen LogP contribution in [0.2, 0.25) is 0 Å². The number of hydrogen-bond donors (Lipinski definition) is 1. The first-order valence-electron chi connectivity index (χ1n) is 13.7. The number of nitrogens with one attached hydrogen (secondary N) is 1. The van der Waals surface area contributed by atoms with Gasteiger partial charge in [0, 0.05) is 53.9 Å². The number of amides is 3. The van der Waals surface area contributed by atoms with E-state index in [2.05, 4.69) is 5.32 Å². The molecule has 11 nitrogen and oxygen atoms in total. The molecule has 13 heteroatoms. The fraction of sp³-hybridized carbons (Fsp3) is 0.379. The number of aromatic nitrogens is 2. The van der Waals surface area contributed by atoms with Crippen molar-refractivity contribution < 1.29 is 28.7 Å². The van der Waals surface area contributed by atoms with Gasteiger partial charge in [0.2, 0.25) is 17.4 Å². The molecule has 0 radical (unpaired) electrons. The number of ether oxygens (including phenoxy) is 2. The zero-order chi connectivity index (χ0) is 29.4. The SMILES string of the molecule is CC[C@@]1(OC(=O)NCCN2C(=O)CCSSCCC2=O)C(=O)OCc2c1cc1n(c2=O)Cc2cc3ccccc3nc2-1. The maximum atomic E-state index is 13.7. The zero-order valence-corrected chi connectivity index (χ0v) is 24.5. The minimum Gasteiger partial charge on any atom is -0.457 e. The molecule has 3 aromatic rings. The Balaban J connectivity index is 1.27. The molecule has 1 atom stereocenters. The minimum absolute atomic E-state index is 0.0194. The molecular formula is C29H28N4O7S2. The number of rotatable bonds is 5. The van der Waals surface area contributed by atoms with E-state index in [9.17, 15) is 24.0 Å². The number of carbonyl (C=O) groups excluding carboxylic acids is 4. The zero-order valence-electron chi connectivity index (χ0n) is 22.8. The molecule has 0 bridgehead atoms. The van der Waals surface area contributed by atoms with Crippen LogP contribution in [0, 0.1) is 0 Å². The summed E-state index contributed by atoms with van der Waals surface area (Å²) in [5, 5.41) is 3.52. The molecule has 6 rings (SSSR count). The molecule has 0 saturated carbocycles. The number of carbonyl (C=O) groups is 4. The van der Waals surface area contributed by atoms with E-state index in [-0.39, 0.29) is 67.5 Å². The highest BCUT2D eigenvalue weighted by molar-refractivity contribution is 8.76. The van der Waals surface area contributed by atoms with Gasteiger partial charge in [-0.15, -0.1) is 0 Å². The third-order valence-electron chi connectivity index (χ3n) is 7.74. The van der Waals surface area contributed by atoms with Gasteiger partial charge in [-0.1, -0.05) is 46.7 Å². The number of alkyl carbamates (subject to hydrolysis) is 1. The first kappa shape index (κ1) is 28.3. The predicted octanol–water partition coefficient (Wildman–Crippen LogP) is 3.34. The third kappa shape index (κ3) is 4.94. The van der Waals surface area contributed by atoms with E-state index >= 15 is 0 Å². The van der Waals surface area contributed by atoms with Crippen LogP contribution >= 0.6 is 21.6 Å². The van der Waals surface area contributed by atoms with Gasteiger partial charge in [-0.25, -0.2) is 14.6 Å². The van der Waals surface area contributed by atoms with E-state index in [1.165, 1.54) is 0 Å². The van der Waals surface area contributed by atoms with Crippen LogP contribution in [0.15, 0.2) is 41.2 Å². The molecule has 3 aliphatic heterocycles. The van der Waals surface area contributed by atoms with Crippen molar-refractivity contribution in [1.82, 2.24) is 19.8 Å². The first-order valence-corrected chi connectivity index (χ1v) is 16.2. The Morgan fingerprint density at radius 2 is 1.83 bits per heavy atom. The summed E-state index contributed by atoms with van der Waals surface area (Å²) in [5.41, 5.74) is 1.16. The number of pyridine rings is 2. The quantitative estimate of drug-likeness (QED) is 0.204. The summed E-state index contributed by atoms with van der Waals surface area (Å²) in [7, 11) is 3.11. The summed E-state index contributed by atoms with van der Waals surface area (Å²) in [6, 6.07) is 11.4. The van der Waals surface area contributed by atoms with Crippen molar-refractivity contribution in [2.45, 2.75) is 44.9 Å². The summed E-state index contributed by atoms with van der Waals surface area (Å²) in [6.45, 7) is 1.68. The molecule has 3 aliphatic rings. The number of fused-ring (bicyclic) bond motifs is 5. The fourth-order valence-electron chi connectivity index (χ4n) is 5.58. The first-order chi connectivity index (χ1) is 20.3. The molecule has 42 heavy (non-hydrogen) atoms. The van der Waals surface area contributed by atoms with Crippen LogP contribution in [0.4, 0.5) is 4.79 Å². The maximum Gasteiger partial charge on any atom is 0.408 e. The predicted molar refractivity (Wildman–Crippen MR) is 158 cm³/mol. The average molecular weight is 609 g/mol. The molecule has 3 amide bonds. The number of para-hydroxylation sites is 1. The van der Waals surface area contributed by atoms with Crippen molar-refractivity contribution >= 4 is 56.4 Å². The van der Waals surface area contributed by atoms with Gasteiger partial charge in [0.1, 0.15) is 6.61 Å².